The molecule has 0 radical (unpaired) electrons. The summed E-state index contributed by atoms with van der Waals surface area (Å²) in [5.41, 5.74) is 0.594. The molecule has 0 aliphatic heterocycles. The molecule has 8 heteroatoms. The summed E-state index contributed by atoms with van der Waals surface area (Å²) in [6.07, 6.45) is 1.17. The first-order chi connectivity index (χ1) is 12.4. The lowest BCUT2D eigenvalue weighted by Gasteiger charge is -2.06. The lowest BCUT2D eigenvalue weighted by molar-refractivity contribution is -0.112. The summed E-state index contributed by atoms with van der Waals surface area (Å²) in [7, 11) is 0. The van der Waals surface area contributed by atoms with E-state index in [0.29, 0.717) is 5.69 Å². The number of hydrogen-bond acceptors (Lipinski definition) is 5. The molecule has 2 aromatic carbocycles. The molecule has 0 unspecified atom stereocenters. The van der Waals surface area contributed by atoms with Gasteiger partial charge in [0.2, 0.25) is 0 Å². The van der Waals surface area contributed by atoms with E-state index in [0.717, 1.165) is 0 Å². The SMILES string of the molecule is N#C/C(=C/Nc1ccc(C(=O)O)cc1)C(=O)Nc1cccc(C(=O)O)c1. The zero-order chi connectivity index (χ0) is 19.1. The first kappa shape index (κ1) is 18.2. The van der Waals surface area contributed by atoms with E-state index in [4.69, 9.17) is 15.5 Å². The third-order valence-electron chi connectivity index (χ3n) is 3.25. The maximum absolute atomic E-state index is 12.1. The van der Waals surface area contributed by atoms with Crippen LogP contribution in [0.4, 0.5) is 11.4 Å². The average Bonchev–Trinajstić information content (AvgIpc) is 2.62. The topological polar surface area (TPSA) is 140 Å². The average molecular weight is 351 g/mol. The number of amides is 1. The monoisotopic (exact) mass is 351 g/mol. The van der Waals surface area contributed by atoms with Gasteiger partial charge in [-0.2, -0.15) is 5.26 Å². The van der Waals surface area contributed by atoms with Crippen LogP contribution < -0.4 is 10.6 Å². The summed E-state index contributed by atoms with van der Waals surface area (Å²) in [5.74, 6) is -2.92. The molecule has 0 atom stereocenters. The highest BCUT2D eigenvalue weighted by atomic mass is 16.4. The highest BCUT2D eigenvalue weighted by Gasteiger charge is 2.11. The van der Waals surface area contributed by atoms with Crippen LogP contribution in [0.25, 0.3) is 0 Å². The van der Waals surface area contributed by atoms with Gasteiger partial charge in [-0.1, -0.05) is 6.07 Å². The van der Waals surface area contributed by atoms with Gasteiger partial charge in [-0.25, -0.2) is 9.59 Å². The number of carbonyl (C=O) groups is 3. The van der Waals surface area contributed by atoms with Crippen LogP contribution in [0, 0.1) is 11.3 Å². The van der Waals surface area contributed by atoms with Crippen LogP contribution in [-0.2, 0) is 4.79 Å². The molecule has 0 spiro atoms. The fourth-order valence-corrected chi connectivity index (χ4v) is 1.94. The largest absolute Gasteiger partial charge is 0.478 e. The predicted molar refractivity (Wildman–Crippen MR) is 92.8 cm³/mol. The van der Waals surface area contributed by atoms with Crippen LogP contribution in [0.3, 0.4) is 0 Å². The van der Waals surface area contributed by atoms with Crippen molar-refractivity contribution in [1.29, 1.82) is 5.26 Å². The Labute approximate surface area is 148 Å². The molecule has 8 nitrogen and oxygen atoms in total. The molecule has 0 heterocycles. The maximum atomic E-state index is 12.1. The zero-order valence-corrected chi connectivity index (χ0v) is 13.3. The molecule has 0 fully saturated rings. The molecule has 0 saturated heterocycles. The van der Waals surface area contributed by atoms with Crippen molar-refractivity contribution in [3.8, 4) is 6.07 Å². The van der Waals surface area contributed by atoms with Crippen molar-refractivity contribution in [2.45, 2.75) is 0 Å². The molecular formula is C18H13N3O5. The number of carboxylic acids is 2. The Morgan fingerprint density at radius 2 is 1.58 bits per heavy atom. The summed E-state index contributed by atoms with van der Waals surface area (Å²) in [5, 5.41) is 32.1. The molecule has 0 bridgehead atoms. The van der Waals surface area contributed by atoms with Crippen molar-refractivity contribution in [3.63, 3.8) is 0 Å². The van der Waals surface area contributed by atoms with Crippen LogP contribution in [0.5, 0.6) is 0 Å². The van der Waals surface area contributed by atoms with Crippen LogP contribution >= 0.6 is 0 Å². The van der Waals surface area contributed by atoms with Gasteiger partial charge in [0.05, 0.1) is 11.1 Å². The van der Waals surface area contributed by atoms with E-state index in [9.17, 15) is 14.4 Å². The number of aromatic carboxylic acids is 2. The summed E-state index contributed by atoms with van der Waals surface area (Å²) in [4.78, 5) is 33.8. The van der Waals surface area contributed by atoms with Crippen LogP contribution in [0.1, 0.15) is 20.7 Å². The lowest BCUT2D eigenvalue weighted by atomic mass is 10.2. The first-order valence-electron chi connectivity index (χ1n) is 7.25. The standard InChI is InChI=1S/C18H13N3O5/c19-9-13(10-20-14-6-4-11(5-7-14)17(23)24)16(22)21-15-3-1-2-12(8-15)18(25)26/h1-8,10,20H,(H,21,22)(H,23,24)(H,25,26)/b13-10-. The predicted octanol–water partition coefficient (Wildman–Crippen LogP) is 2.54. The third-order valence-corrected chi connectivity index (χ3v) is 3.25. The molecule has 26 heavy (non-hydrogen) atoms. The van der Waals surface area contributed by atoms with E-state index in [1.165, 1.54) is 54.7 Å². The minimum Gasteiger partial charge on any atom is -0.478 e. The van der Waals surface area contributed by atoms with Gasteiger partial charge in [-0.05, 0) is 42.5 Å². The molecule has 0 saturated carbocycles. The van der Waals surface area contributed by atoms with Crippen LogP contribution in [0.2, 0.25) is 0 Å². The highest BCUT2D eigenvalue weighted by Crippen LogP contribution is 2.13. The molecular weight excluding hydrogens is 338 g/mol. The Bertz CT molecular complexity index is 927. The molecule has 130 valence electrons. The molecule has 2 aromatic rings. The van der Waals surface area contributed by atoms with Gasteiger partial charge < -0.3 is 20.8 Å². The summed E-state index contributed by atoms with van der Waals surface area (Å²) < 4.78 is 0. The smallest absolute Gasteiger partial charge is 0.335 e. The van der Waals surface area contributed by atoms with Gasteiger partial charge >= 0.3 is 11.9 Å². The number of carbonyl (C=O) groups excluding carboxylic acids is 1. The van der Waals surface area contributed by atoms with E-state index in [1.807, 2.05) is 0 Å². The second-order valence-electron chi connectivity index (χ2n) is 5.04. The van der Waals surface area contributed by atoms with Gasteiger partial charge in [0.15, 0.2) is 0 Å². The number of nitrogens with one attached hydrogen (secondary N) is 2. The number of benzene rings is 2. The van der Waals surface area contributed by atoms with Gasteiger partial charge in [0, 0.05) is 17.6 Å². The molecule has 0 aliphatic carbocycles. The normalized spacial score (nSPS) is 10.5. The van der Waals surface area contributed by atoms with Crippen LogP contribution in [-0.4, -0.2) is 28.1 Å². The number of nitrogens with zero attached hydrogens (tertiary/aromatic N) is 1. The molecule has 0 aliphatic rings. The Morgan fingerprint density at radius 1 is 0.923 bits per heavy atom. The second kappa shape index (κ2) is 8.12. The quantitative estimate of drug-likeness (QED) is 0.463. The number of anilines is 2. The van der Waals surface area contributed by atoms with E-state index < -0.39 is 17.8 Å². The Morgan fingerprint density at radius 3 is 2.15 bits per heavy atom. The first-order valence-corrected chi connectivity index (χ1v) is 7.25. The van der Waals surface area contributed by atoms with Crippen molar-refractivity contribution in [2.75, 3.05) is 10.6 Å². The van der Waals surface area contributed by atoms with E-state index >= 15 is 0 Å². The zero-order valence-electron chi connectivity index (χ0n) is 13.3. The van der Waals surface area contributed by atoms with Gasteiger partial charge in [0.25, 0.3) is 5.91 Å². The van der Waals surface area contributed by atoms with Crippen molar-refractivity contribution in [3.05, 3.63) is 71.4 Å². The summed E-state index contributed by atoms with van der Waals surface area (Å²) in [6, 6.07) is 13.1. The minimum atomic E-state index is -1.14. The number of carboxylic acid groups (broad SMARTS) is 2. The number of rotatable bonds is 6. The number of nitriles is 1. The van der Waals surface area contributed by atoms with Gasteiger partial charge in [-0.3, -0.25) is 4.79 Å². The Balaban J connectivity index is 2.09. The van der Waals surface area contributed by atoms with Gasteiger partial charge in [-0.15, -0.1) is 0 Å². The molecule has 1 amide bonds. The van der Waals surface area contributed by atoms with Crippen molar-refractivity contribution in [1.82, 2.24) is 0 Å². The van der Waals surface area contributed by atoms with E-state index in [-0.39, 0.29) is 22.4 Å². The fourth-order valence-electron chi connectivity index (χ4n) is 1.94. The summed E-state index contributed by atoms with van der Waals surface area (Å²) >= 11 is 0. The van der Waals surface area contributed by atoms with E-state index in [1.54, 1.807) is 6.07 Å². The maximum Gasteiger partial charge on any atom is 0.335 e. The Kier molecular flexibility index (Phi) is 5.69. The lowest BCUT2D eigenvalue weighted by Crippen LogP contribution is -2.15. The fraction of sp³-hybridized carbons (Fsp3) is 0. The van der Waals surface area contributed by atoms with Crippen molar-refractivity contribution >= 4 is 29.2 Å². The highest BCUT2D eigenvalue weighted by molar-refractivity contribution is 6.07. The van der Waals surface area contributed by atoms with Crippen molar-refractivity contribution in [2.24, 2.45) is 0 Å². The second-order valence-corrected chi connectivity index (χ2v) is 5.04. The summed E-state index contributed by atoms with van der Waals surface area (Å²) in [6.45, 7) is 0. The van der Waals surface area contributed by atoms with Crippen LogP contribution in [0.15, 0.2) is 60.3 Å². The Hall–Kier alpha value is -4.12. The third kappa shape index (κ3) is 4.69. The minimum absolute atomic E-state index is 0.00179. The van der Waals surface area contributed by atoms with Crippen molar-refractivity contribution < 1.29 is 24.6 Å². The number of hydrogen-bond donors (Lipinski definition) is 4. The molecule has 0 aromatic heterocycles. The molecule has 2 rings (SSSR count). The van der Waals surface area contributed by atoms with E-state index in [2.05, 4.69) is 10.6 Å². The van der Waals surface area contributed by atoms with Gasteiger partial charge in [0.1, 0.15) is 11.6 Å². The molecule has 4 N–H and O–H groups in total.